The van der Waals surface area contributed by atoms with E-state index in [1.807, 2.05) is 12.1 Å². The highest BCUT2D eigenvalue weighted by atomic mass is 16.5. The van der Waals surface area contributed by atoms with Crippen LogP contribution in [-0.4, -0.2) is 26.1 Å². The standard InChI is InChI=1S/C18H24N2O/c1-14(16-7-11-18(21-4)12-8-16)19-17-9-5-15(6-10-17)13-20(2)3/h5-12,14,19H,13H2,1-4H3. The van der Waals surface area contributed by atoms with Crippen molar-refractivity contribution in [2.24, 2.45) is 0 Å². The summed E-state index contributed by atoms with van der Waals surface area (Å²) in [4.78, 5) is 2.17. The molecule has 0 fully saturated rings. The summed E-state index contributed by atoms with van der Waals surface area (Å²) in [6.07, 6.45) is 0. The first-order chi connectivity index (χ1) is 10.1. The molecule has 0 aliphatic heterocycles. The monoisotopic (exact) mass is 284 g/mol. The molecule has 1 atom stereocenters. The minimum absolute atomic E-state index is 0.260. The van der Waals surface area contributed by atoms with Crippen LogP contribution in [0.5, 0.6) is 5.75 Å². The second-order valence-electron chi connectivity index (χ2n) is 5.57. The molecule has 0 aromatic heterocycles. The van der Waals surface area contributed by atoms with Gasteiger partial charge in [-0.15, -0.1) is 0 Å². The Morgan fingerprint density at radius 1 is 1.00 bits per heavy atom. The van der Waals surface area contributed by atoms with E-state index >= 15 is 0 Å². The molecular formula is C18H24N2O. The number of hydrogen-bond acceptors (Lipinski definition) is 3. The first-order valence-electron chi connectivity index (χ1n) is 7.22. The van der Waals surface area contributed by atoms with E-state index in [1.54, 1.807) is 7.11 Å². The zero-order valence-electron chi connectivity index (χ0n) is 13.3. The molecule has 2 aromatic rings. The molecular weight excluding hydrogens is 260 g/mol. The van der Waals surface area contributed by atoms with Crippen LogP contribution in [0.25, 0.3) is 0 Å². The summed E-state index contributed by atoms with van der Waals surface area (Å²) in [6.45, 7) is 3.13. The molecule has 0 aliphatic rings. The minimum Gasteiger partial charge on any atom is -0.497 e. The largest absolute Gasteiger partial charge is 0.497 e. The first kappa shape index (κ1) is 15.4. The molecule has 21 heavy (non-hydrogen) atoms. The maximum Gasteiger partial charge on any atom is 0.118 e. The molecule has 112 valence electrons. The Morgan fingerprint density at radius 2 is 1.62 bits per heavy atom. The van der Waals surface area contributed by atoms with Crippen molar-refractivity contribution in [3.63, 3.8) is 0 Å². The van der Waals surface area contributed by atoms with Gasteiger partial charge in [0.25, 0.3) is 0 Å². The van der Waals surface area contributed by atoms with Crippen molar-refractivity contribution in [1.82, 2.24) is 4.90 Å². The van der Waals surface area contributed by atoms with Crippen LogP contribution >= 0.6 is 0 Å². The van der Waals surface area contributed by atoms with Crippen molar-refractivity contribution < 1.29 is 4.74 Å². The van der Waals surface area contributed by atoms with E-state index < -0.39 is 0 Å². The smallest absolute Gasteiger partial charge is 0.118 e. The predicted molar refractivity (Wildman–Crippen MR) is 88.9 cm³/mol. The van der Waals surface area contributed by atoms with Crippen molar-refractivity contribution >= 4 is 5.69 Å². The van der Waals surface area contributed by atoms with Crippen LogP contribution in [0, 0.1) is 0 Å². The van der Waals surface area contributed by atoms with Gasteiger partial charge in [0.15, 0.2) is 0 Å². The van der Waals surface area contributed by atoms with Gasteiger partial charge >= 0.3 is 0 Å². The average molecular weight is 284 g/mol. The number of benzene rings is 2. The second-order valence-corrected chi connectivity index (χ2v) is 5.57. The highest BCUT2D eigenvalue weighted by Gasteiger charge is 2.05. The third-order valence-electron chi connectivity index (χ3n) is 3.45. The predicted octanol–water partition coefficient (Wildman–Crippen LogP) is 3.93. The summed E-state index contributed by atoms with van der Waals surface area (Å²) < 4.78 is 5.19. The van der Waals surface area contributed by atoms with Crippen molar-refractivity contribution in [3.05, 3.63) is 59.7 Å². The molecule has 3 nitrogen and oxygen atoms in total. The lowest BCUT2D eigenvalue weighted by atomic mass is 10.1. The SMILES string of the molecule is COc1ccc(C(C)Nc2ccc(CN(C)C)cc2)cc1. The van der Waals surface area contributed by atoms with Crippen LogP contribution in [0.3, 0.4) is 0 Å². The third-order valence-corrected chi connectivity index (χ3v) is 3.45. The van der Waals surface area contributed by atoms with E-state index in [0.29, 0.717) is 0 Å². The van der Waals surface area contributed by atoms with E-state index in [4.69, 9.17) is 4.74 Å². The molecule has 3 heteroatoms. The summed E-state index contributed by atoms with van der Waals surface area (Å²) in [6, 6.07) is 17.1. The van der Waals surface area contributed by atoms with Crippen LogP contribution < -0.4 is 10.1 Å². The fraction of sp³-hybridized carbons (Fsp3) is 0.333. The van der Waals surface area contributed by atoms with Crippen molar-refractivity contribution in [2.75, 3.05) is 26.5 Å². The number of nitrogens with zero attached hydrogens (tertiary/aromatic N) is 1. The van der Waals surface area contributed by atoms with E-state index in [0.717, 1.165) is 18.0 Å². The third kappa shape index (κ3) is 4.50. The minimum atomic E-state index is 0.260. The van der Waals surface area contributed by atoms with E-state index in [2.05, 4.69) is 67.6 Å². The van der Waals surface area contributed by atoms with Gasteiger partial charge in [-0.3, -0.25) is 0 Å². The number of nitrogens with one attached hydrogen (secondary N) is 1. The molecule has 0 heterocycles. The lowest BCUT2D eigenvalue weighted by Crippen LogP contribution is -2.11. The van der Waals surface area contributed by atoms with Gasteiger partial charge in [-0.05, 0) is 56.4 Å². The second kappa shape index (κ2) is 7.14. The molecule has 1 unspecified atom stereocenters. The number of hydrogen-bond donors (Lipinski definition) is 1. The summed E-state index contributed by atoms with van der Waals surface area (Å²) in [5.41, 5.74) is 3.71. The molecule has 2 rings (SSSR count). The molecule has 0 spiro atoms. The van der Waals surface area contributed by atoms with Gasteiger partial charge in [-0.2, -0.15) is 0 Å². The Labute approximate surface area is 127 Å². The Hall–Kier alpha value is -2.00. The van der Waals surface area contributed by atoms with Crippen LogP contribution in [0.15, 0.2) is 48.5 Å². The summed E-state index contributed by atoms with van der Waals surface area (Å²) in [5.74, 6) is 0.888. The zero-order chi connectivity index (χ0) is 15.2. The Kier molecular flexibility index (Phi) is 5.23. The van der Waals surface area contributed by atoms with E-state index in [-0.39, 0.29) is 6.04 Å². The normalized spacial score (nSPS) is 12.2. The molecule has 0 bridgehead atoms. The summed E-state index contributed by atoms with van der Waals surface area (Å²) in [7, 11) is 5.85. The van der Waals surface area contributed by atoms with Crippen LogP contribution in [0.2, 0.25) is 0 Å². The Balaban J connectivity index is 1.99. The van der Waals surface area contributed by atoms with Gasteiger partial charge in [0.05, 0.1) is 7.11 Å². The highest BCUT2D eigenvalue weighted by molar-refractivity contribution is 5.47. The fourth-order valence-corrected chi connectivity index (χ4v) is 2.30. The molecule has 0 saturated carbocycles. The summed E-state index contributed by atoms with van der Waals surface area (Å²) >= 11 is 0. The zero-order valence-corrected chi connectivity index (χ0v) is 13.3. The van der Waals surface area contributed by atoms with Gasteiger partial charge < -0.3 is 15.0 Å². The number of methoxy groups -OCH3 is 1. The van der Waals surface area contributed by atoms with Crippen LogP contribution in [0.1, 0.15) is 24.1 Å². The van der Waals surface area contributed by atoms with E-state index in [9.17, 15) is 0 Å². The molecule has 2 aromatic carbocycles. The number of ether oxygens (including phenoxy) is 1. The lowest BCUT2D eigenvalue weighted by Gasteiger charge is -2.17. The van der Waals surface area contributed by atoms with Gasteiger partial charge in [-0.1, -0.05) is 24.3 Å². The molecule has 0 amide bonds. The molecule has 0 aliphatic carbocycles. The molecule has 1 N–H and O–H groups in total. The number of rotatable bonds is 6. The lowest BCUT2D eigenvalue weighted by molar-refractivity contribution is 0.402. The van der Waals surface area contributed by atoms with Crippen molar-refractivity contribution in [3.8, 4) is 5.75 Å². The van der Waals surface area contributed by atoms with Crippen LogP contribution in [-0.2, 0) is 6.54 Å². The maximum absolute atomic E-state index is 5.19. The Morgan fingerprint density at radius 3 is 2.14 bits per heavy atom. The Bertz CT molecular complexity index is 546. The van der Waals surface area contributed by atoms with Gasteiger partial charge in [-0.25, -0.2) is 0 Å². The van der Waals surface area contributed by atoms with Crippen molar-refractivity contribution in [1.29, 1.82) is 0 Å². The highest BCUT2D eigenvalue weighted by Crippen LogP contribution is 2.22. The van der Waals surface area contributed by atoms with Gasteiger partial charge in [0.2, 0.25) is 0 Å². The average Bonchev–Trinajstić information content (AvgIpc) is 2.49. The van der Waals surface area contributed by atoms with Gasteiger partial charge in [0, 0.05) is 18.3 Å². The first-order valence-corrected chi connectivity index (χ1v) is 7.22. The maximum atomic E-state index is 5.19. The summed E-state index contributed by atoms with van der Waals surface area (Å²) in [5, 5.41) is 3.52. The van der Waals surface area contributed by atoms with Gasteiger partial charge in [0.1, 0.15) is 5.75 Å². The van der Waals surface area contributed by atoms with Crippen molar-refractivity contribution in [2.45, 2.75) is 19.5 Å². The quantitative estimate of drug-likeness (QED) is 0.870. The number of anilines is 1. The molecule has 0 radical (unpaired) electrons. The molecule has 0 saturated heterocycles. The van der Waals surface area contributed by atoms with Crippen LogP contribution in [0.4, 0.5) is 5.69 Å². The topological polar surface area (TPSA) is 24.5 Å². The van der Waals surface area contributed by atoms with E-state index in [1.165, 1.54) is 11.1 Å². The fourth-order valence-electron chi connectivity index (χ4n) is 2.30.